The molecular formula is C10H18O3S. The minimum absolute atomic E-state index is 0.278. The summed E-state index contributed by atoms with van der Waals surface area (Å²) in [6, 6.07) is 0. The first-order valence-electron chi connectivity index (χ1n) is 4.91. The highest BCUT2D eigenvalue weighted by atomic mass is 32.2. The van der Waals surface area contributed by atoms with E-state index in [1.165, 1.54) is 0 Å². The fourth-order valence-electron chi connectivity index (χ4n) is 1.84. The molecule has 0 saturated carbocycles. The average Bonchev–Trinajstić information content (AvgIpc) is 2.08. The number of carboxylic acid groups (broad SMARTS) is 1. The lowest BCUT2D eigenvalue weighted by molar-refractivity contribution is -0.180. The van der Waals surface area contributed by atoms with Gasteiger partial charge < -0.3 is 9.84 Å². The Bertz CT molecular complexity index is 223. The molecule has 3 nitrogen and oxygen atoms in total. The maximum absolute atomic E-state index is 11.3. The molecule has 0 spiro atoms. The van der Waals surface area contributed by atoms with Gasteiger partial charge in [0.15, 0.2) is 5.60 Å². The number of hydrogen-bond donors (Lipinski definition) is 1. The fourth-order valence-corrected chi connectivity index (χ4v) is 3.52. The van der Waals surface area contributed by atoms with Crippen molar-refractivity contribution in [2.24, 2.45) is 5.41 Å². The van der Waals surface area contributed by atoms with E-state index in [9.17, 15) is 9.90 Å². The smallest absolute Gasteiger partial charge is 0.337 e. The maximum Gasteiger partial charge on any atom is 0.337 e. The van der Waals surface area contributed by atoms with Gasteiger partial charge in [-0.05, 0) is 19.1 Å². The van der Waals surface area contributed by atoms with Gasteiger partial charge in [-0.25, -0.2) is 4.79 Å². The van der Waals surface area contributed by atoms with Crippen molar-refractivity contribution in [2.45, 2.75) is 32.8 Å². The quantitative estimate of drug-likeness (QED) is 0.787. The minimum Gasteiger partial charge on any atom is -0.479 e. The van der Waals surface area contributed by atoms with Crippen LogP contribution in [0, 0.1) is 5.41 Å². The third-order valence-electron chi connectivity index (χ3n) is 3.01. The molecule has 14 heavy (non-hydrogen) atoms. The zero-order valence-corrected chi connectivity index (χ0v) is 9.82. The van der Waals surface area contributed by atoms with Gasteiger partial charge in [0, 0.05) is 17.8 Å². The van der Waals surface area contributed by atoms with Gasteiger partial charge in [-0.15, -0.1) is 0 Å². The standard InChI is InChI=1S/C10H18O3S/c1-4-13-10(8(11)12)7-14-6-5-9(10,2)3/h4-7H2,1-3H3,(H,11,12). The molecule has 0 aromatic carbocycles. The normalized spacial score (nSPS) is 31.4. The molecule has 1 rings (SSSR count). The van der Waals surface area contributed by atoms with Crippen molar-refractivity contribution in [3.63, 3.8) is 0 Å². The number of carboxylic acids is 1. The van der Waals surface area contributed by atoms with Gasteiger partial charge in [0.2, 0.25) is 0 Å². The van der Waals surface area contributed by atoms with E-state index in [0.717, 1.165) is 12.2 Å². The molecule has 82 valence electrons. The molecule has 1 heterocycles. The monoisotopic (exact) mass is 218 g/mol. The van der Waals surface area contributed by atoms with Crippen LogP contribution in [0.4, 0.5) is 0 Å². The fraction of sp³-hybridized carbons (Fsp3) is 0.900. The first-order valence-corrected chi connectivity index (χ1v) is 6.07. The minimum atomic E-state index is -0.995. The van der Waals surface area contributed by atoms with Gasteiger partial charge in [0.05, 0.1) is 0 Å². The number of rotatable bonds is 3. The second-order valence-corrected chi connectivity index (χ2v) is 5.36. The topological polar surface area (TPSA) is 46.5 Å². The Kier molecular flexibility index (Phi) is 3.48. The molecule has 0 radical (unpaired) electrons. The highest BCUT2D eigenvalue weighted by Crippen LogP contribution is 2.44. The summed E-state index contributed by atoms with van der Waals surface area (Å²) in [5, 5.41) is 9.32. The average molecular weight is 218 g/mol. The molecule has 1 aliphatic rings. The summed E-state index contributed by atoms with van der Waals surface area (Å²) < 4.78 is 5.53. The number of thioether (sulfide) groups is 1. The highest BCUT2D eigenvalue weighted by Gasteiger charge is 2.54. The van der Waals surface area contributed by atoms with E-state index in [1.807, 2.05) is 20.8 Å². The van der Waals surface area contributed by atoms with Crippen LogP contribution in [-0.4, -0.2) is 34.8 Å². The van der Waals surface area contributed by atoms with E-state index in [-0.39, 0.29) is 5.41 Å². The van der Waals surface area contributed by atoms with Crippen molar-refractivity contribution in [3.8, 4) is 0 Å². The third-order valence-corrected chi connectivity index (χ3v) is 4.11. The third kappa shape index (κ3) is 1.77. The van der Waals surface area contributed by atoms with Gasteiger partial charge in [0.25, 0.3) is 0 Å². The van der Waals surface area contributed by atoms with E-state index >= 15 is 0 Å². The Morgan fingerprint density at radius 3 is 2.64 bits per heavy atom. The van der Waals surface area contributed by atoms with Gasteiger partial charge in [-0.3, -0.25) is 0 Å². The van der Waals surface area contributed by atoms with E-state index in [4.69, 9.17) is 4.74 Å². The first-order chi connectivity index (χ1) is 6.46. The van der Waals surface area contributed by atoms with Crippen LogP contribution in [-0.2, 0) is 9.53 Å². The molecule has 4 heteroatoms. The van der Waals surface area contributed by atoms with E-state index < -0.39 is 11.6 Å². The Hall–Kier alpha value is -0.220. The highest BCUT2D eigenvalue weighted by molar-refractivity contribution is 7.99. The van der Waals surface area contributed by atoms with Crippen molar-refractivity contribution < 1.29 is 14.6 Å². The van der Waals surface area contributed by atoms with E-state index in [1.54, 1.807) is 11.8 Å². The molecule has 1 saturated heterocycles. The molecule has 1 aliphatic heterocycles. The van der Waals surface area contributed by atoms with Crippen LogP contribution in [0.3, 0.4) is 0 Å². The van der Waals surface area contributed by atoms with Crippen LogP contribution in [0.15, 0.2) is 0 Å². The van der Waals surface area contributed by atoms with Crippen molar-refractivity contribution >= 4 is 17.7 Å². The molecule has 1 atom stereocenters. The summed E-state index contributed by atoms with van der Waals surface area (Å²) in [6.45, 7) is 6.27. The van der Waals surface area contributed by atoms with Crippen LogP contribution in [0.5, 0.6) is 0 Å². The lowest BCUT2D eigenvalue weighted by Gasteiger charge is -2.45. The molecular weight excluding hydrogens is 200 g/mol. The van der Waals surface area contributed by atoms with Gasteiger partial charge >= 0.3 is 5.97 Å². The summed E-state index contributed by atoms with van der Waals surface area (Å²) in [7, 11) is 0. The second kappa shape index (κ2) is 4.11. The second-order valence-electron chi connectivity index (χ2n) is 4.25. The zero-order chi connectivity index (χ0) is 10.8. The summed E-state index contributed by atoms with van der Waals surface area (Å²) in [5.41, 5.74) is -1.27. The largest absolute Gasteiger partial charge is 0.479 e. The SMILES string of the molecule is CCOC1(C(=O)O)CSCCC1(C)C. The molecule has 1 unspecified atom stereocenters. The van der Waals surface area contributed by atoms with Crippen LogP contribution in [0.25, 0.3) is 0 Å². The van der Waals surface area contributed by atoms with Crippen molar-refractivity contribution in [3.05, 3.63) is 0 Å². The molecule has 1 N–H and O–H groups in total. The number of hydrogen-bond acceptors (Lipinski definition) is 3. The Morgan fingerprint density at radius 2 is 2.21 bits per heavy atom. The van der Waals surface area contributed by atoms with Gasteiger partial charge in [-0.1, -0.05) is 13.8 Å². The first kappa shape index (κ1) is 11.9. The lowest BCUT2D eigenvalue weighted by Crippen LogP contribution is -2.57. The Balaban J connectivity index is 2.98. The van der Waals surface area contributed by atoms with Crippen LogP contribution >= 0.6 is 11.8 Å². The number of carbonyl (C=O) groups is 1. The molecule has 0 aromatic rings. The summed E-state index contributed by atoms with van der Waals surface area (Å²) in [4.78, 5) is 11.3. The Morgan fingerprint density at radius 1 is 1.57 bits per heavy atom. The molecule has 0 amide bonds. The summed E-state index contributed by atoms with van der Waals surface area (Å²) in [5.74, 6) is 0.759. The van der Waals surface area contributed by atoms with Crippen LogP contribution < -0.4 is 0 Å². The predicted molar refractivity (Wildman–Crippen MR) is 57.7 cm³/mol. The number of ether oxygens (including phenoxy) is 1. The molecule has 0 aromatic heterocycles. The molecule has 0 bridgehead atoms. The van der Waals surface area contributed by atoms with Crippen molar-refractivity contribution in [1.29, 1.82) is 0 Å². The molecule has 1 fully saturated rings. The predicted octanol–water partition coefficient (Wildman–Crippen LogP) is 2.01. The lowest BCUT2D eigenvalue weighted by atomic mass is 9.73. The van der Waals surface area contributed by atoms with Gasteiger partial charge in [-0.2, -0.15) is 11.8 Å². The van der Waals surface area contributed by atoms with Gasteiger partial charge in [0.1, 0.15) is 0 Å². The maximum atomic E-state index is 11.3. The van der Waals surface area contributed by atoms with Crippen molar-refractivity contribution in [2.75, 3.05) is 18.1 Å². The van der Waals surface area contributed by atoms with Crippen molar-refractivity contribution in [1.82, 2.24) is 0 Å². The zero-order valence-electron chi connectivity index (χ0n) is 9.00. The Labute approximate surface area is 89.2 Å². The summed E-state index contributed by atoms with van der Waals surface area (Å²) in [6.07, 6.45) is 0.893. The summed E-state index contributed by atoms with van der Waals surface area (Å²) >= 11 is 1.67. The molecule has 0 aliphatic carbocycles. The van der Waals surface area contributed by atoms with Crippen LogP contribution in [0.2, 0.25) is 0 Å². The van der Waals surface area contributed by atoms with E-state index in [0.29, 0.717) is 12.4 Å². The van der Waals surface area contributed by atoms with Crippen LogP contribution in [0.1, 0.15) is 27.2 Å². The number of aliphatic carboxylic acids is 1. The van der Waals surface area contributed by atoms with E-state index in [2.05, 4.69) is 0 Å².